The molecule has 0 aromatic heterocycles. The van der Waals surface area contributed by atoms with Crippen LogP contribution in [0.25, 0.3) is 0 Å². The maximum Gasteiger partial charge on any atom is 0.114 e. The minimum Gasteiger partial charge on any atom is -0.380 e. The van der Waals surface area contributed by atoms with E-state index >= 15 is 0 Å². The minimum absolute atomic E-state index is 0.405. The van der Waals surface area contributed by atoms with Crippen molar-refractivity contribution in [3.8, 4) is 11.8 Å². The molecule has 1 nitrogen and oxygen atoms in total. The molecule has 0 aliphatic rings. The molecule has 0 aliphatic heterocycles. The lowest BCUT2D eigenvalue weighted by molar-refractivity contribution is 0.217. The summed E-state index contributed by atoms with van der Waals surface area (Å²) in [6, 6.07) is 0. The highest BCUT2D eigenvalue weighted by Gasteiger charge is 1.97. The molecule has 0 saturated carbocycles. The number of rotatable bonds is 9. The fourth-order valence-electron chi connectivity index (χ4n) is 1.59. The van der Waals surface area contributed by atoms with Crippen molar-refractivity contribution in [3.05, 3.63) is 12.2 Å². The largest absolute Gasteiger partial charge is 0.380 e. The molecule has 1 N–H and O–H groups in total. The molecule has 98 valence electrons. The van der Waals surface area contributed by atoms with Gasteiger partial charge >= 0.3 is 0 Å². The van der Waals surface area contributed by atoms with Gasteiger partial charge in [-0.3, -0.25) is 0 Å². The SMILES string of the molecule is CCC=CCCCCCC(O)C#CCCCC. The summed E-state index contributed by atoms with van der Waals surface area (Å²) >= 11 is 0. The van der Waals surface area contributed by atoms with E-state index in [1.165, 1.54) is 25.7 Å². The van der Waals surface area contributed by atoms with Gasteiger partial charge in [-0.15, -0.1) is 5.92 Å². The second-order valence-corrected chi connectivity index (χ2v) is 4.46. The highest BCUT2D eigenvalue weighted by molar-refractivity contribution is 5.04. The molecule has 0 radical (unpaired) electrons. The highest BCUT2D eigenvalue weighted by Crippen LogP contribution is 2.06. The molecular formula is C16H28O. The van der Waals surface area contributed by atoms with Crippen molar-refractivity contribution >= 4 is 0 Å². The lowest BCUT2D eigenvalue weighted by Gasteiger charge is -2.02. The molecule has 0 saturated heterocycles. The summed E-state index contributed by atoms with van der Waals surface area (Å²) in [5, 5.41) is 9.60. The zero-order valence-corrected chi connectivity index (χ0v) is 11.5. The van der Waals surface area contributed by atoms with Crippen LogP contribution < -0.4 is 0 Å². The predicted molar refractivity (Wildman–Crippen MR) is 75.8 cm³/mol. The number of aliphatic hydroxyl groups excluding tert-OH is 1. The summed E-state index contributed by atoms with van der Waals surface area (Å²) < 4.78 is 0. The third-order valence-corrected chi connectivity index (χ3v) is 2.67. The van der Waals surface area contributed by atoms with Gasteiger partial charge in [0.25, 0.3) is 0 Å². The van der Waals surface area contributed by atoms with Crippen LogP contribution in [-0.4, -0.2) is 11.2 Å². The molecule has 0 aromatic carbocycles. The molecule has 17 heavy (non-hydrogen) atoms. The molecule has 1 unspecified atom stereocenters. The van der Waals surface area contributed by atoms with Crippen molar-refractivity contribution < 1.29 is 5.11 Å². The Morgan fingerprint density at radius 3 is 2.59 bits per heavy atom. The molecular weight excluding hydrogens is 208 g/mol. The average Bonchev–Trinajstić information content (AvgIpc) is 2.33. The summed E-state index contributed by atoms with van der Waals surface area (Å²) in [7, 11) is 0. The Balaban J connectivity index is 3.34. The molecule has 0 rings (SSSR count). The van der Waals surface area contributed by atoms with Crippen molar-refractivity contribution in [1.29, 1.82) is 0 Å². The van der Waals surface area contributed by atoms with Crippen LogP contribution in [0.3, 0.4) is 0 Å². The van der Waals surface area contributed by atoms with Gasteiger partial charge in [0.1, 0.15) is 6.10 Å². The molecule has 1 atom stereocenters. The summed E-state index contributed by atoms with van der Waals surface area (Å²) in [5.74, 6) is 5.96. The smallest absolute Gasteiger partial charge is 0.114 e. The van der Waals surface area contributed by atoms with Crippen LogP contribution in [0, 0.1) is 11.8 Å². The number of aliphatic hydroxyl groups is 1. The fraction of sp³-hybridized carbons (Fsp3) is 0.750. The van der Waals surface area contributed by atoms with E-state index < -0.39 is 6.10 Å². The third kappa shape index (κ3) is 13.2. The Bertz CT molecular complexity index is 232. The van der Waals surface area contributed by atoms with Gasteiger partial charge in [-0.25, -0.2) is 0 Å². The van der Waals surface area contributed by atoms with Crippen LogP contribution in [-0.2, 0) is 0 Å². The zero-order valence-electron chi connectivity index (χ0n) is 11.5. The molecule has 0 aromatic rings. The molecule has 0 heterocycles. The van der Waals surface area contributed by atoms with Gasteiger partial charge in [-0.05, 0) is 38.5 Å². The zero-order chi connectivity index (χ0) is 12.8. The van der Waals surface area contributed by atoms with E-state index in [-0.39, 0.29) is 0 Å². The summed E-state index contributed by atoms with van der Waals surface area (Å²) in [5.41, 5.74) is 0. The van der Waals surface area contributed by atoms with Crippen molar-refractivity contribution in [2.75, 3.05) is 0 Å². The topological polar surface area (TPSA) is 20.2 Å². The van der Waals surface area contributed by atoms with E-state index in [0.29, 0.717) is 0 Å². The Morgan fingerprint density at radius 2 is 1.88 bits per heavy atom. The normalized spacial score (nSPS) is 12.4. The van der Waals surface area contributed by atoms with Gasteiger partial charge in [0.15, 0.2) is 0 Å². The Hall–Kier alpha value is -0.740. The molecule has 1 heteroatoms. The number of hydrogen-bond acceptors (Lipinski definition) is 1. The predicted octanol–water partition coefficient (Wildman–Crippen LogP) is 4.46. The Morgan fingerprint density at radius 1 is 1.06 bits per heavy atom. The van der Waals surface area contributed by atoms with E-state index in [1.807, 2.05) is 0 Å². The monoisotopic (exact) mass is 236 g/mol. The van der Waals surface area contributed by atoms with Crippen LogP contribution in [0.1, 0.15) is 71.6 Å². The summed E-state index contributed by atoms with van der Waals surface area (Å²) in [6.07, 6.45) is 14.0. The van der Waals surface area contributed by atoms with Crippen LogP contribution in [0.15, 0.2) is 12.2 Å². The Labute approximate surface area is 107 Å². The molecule has 0 fully saturated rings. The number of allylic oxidation sites excluding steroid dienone is 2. The van der Waals surface area contributed by atoms with Crippen LogP contribution in [0.2, 0.25) is 0 Å². The van der Waals surface area contributed by atoms with Crippen LogP contribution >= 0.6 is 0 Å². The lowest BCUT2D eigenvalue weighted by Crippen LogP contribution is -2.02. The van der Waals surface area contributed by atoms with Gasteiger partial charge in [-0.1, -0.05) is 44.8 Å². The standard InChI is InChI=1S/C16H28O/c1-3-5-7-9-10-11-13-15-16(17)14-12-8-6-4-2/h5,7,16-17H,3-4,6,8-11,13,15H2,1-2H3. The molecule has 0 bridgehead atoms. The molecule has 0 amide bonds. The minimum atomic E-state index is -0.405. The first kappa shape index (κ1) is 16.3. The van der Waals surface area contributed by atoms with Crippen molar-refractivity contribution in [2.24, 2.45) is 0 Å². The van der Waals surface area contributed by atoms with Crippen LogP contribution in [0.4, 0.5) is 0 Å². The third-order valence-electron chi connectivity index (χ3n) is 2.67. The first-order valence-electron chi connectivity index (χ1n) is 7.12. The summed E-state index contributed by atoms with van der Waals surface area (Å²) in [6.45, 7) is 4.31. The second-order valence-electron chi connectivity index (χ2n) is 4.46. The maximum absolute atomic E-state index is 9.60. The van der Waals surface area contributed by atoms with Crippen LogP contribution in [0.5, 0.6) is 0 Å². The van der Waals surface area contributed by atoms with Gasteiger partial charge in [-0.2, -0.15) is 0 Å². The summed E-state index contributed by atoms with van der Waals surface area (Å²) in [4.78, 5) is 0. The first-order valence-corrected chi connectivity index (χ1v) is 7.12. The highest BCUT2D eigenvalue weighted by atomic mass is 16.3. The van der Waals surface area contributed by atoms with Gasteiger partial charge < -0.3 is 5.11 Å². The van der Waals surface area contributed by atoms with Gasteiger partial charge in [0, 0.05) is 6.42 Å². The molecule has 0 aliphatic carbocycles. The number of unbranched alkanes of at least 4 members (excludes halogenated alkanes) is 5. The van der Waals surface area contributed by atoms with E-state index in [0.717, 1.165) is 32.1 Å². The Kier molecular flexibility index (Phi) is 12.7. The number of hydrogen-bond donors (Lipinski definition) is 1. The van der Waals surface area contributed by atoms with E-state index in [4.69, 9.17) is 0 Å². The fourth-order valence-corrected chi connectivity index (χ4v) is 1.59. The molecule has 0 spiro atoms. The lowest BCUT2D eigenvalue weighted by atomic mass is 10.1. The van der Waals surface area contributed by atoms with Crippen molar-refractivity contribution in [3.63, 3.8) is 0 Å². The van der Waals surface area contributed by atoms with Crippen molar-refractivity contribution in [1.82, 2.24) is 0 Å². The van der Waals surface area contributed by atoms with E-state index in [1.54, 1.807) is 0 Å². The van der Waals surface area contributed by atoms with Gasteiger partial charge in [0.2, 0.25) is 0 Å². The first-order chi connectivity index (χ1) is 8.31. The average molecular weight is 236 g/mol. The van der Waals surface area contributed by atoms with Gasteiger partial charge in [0.05, 0.1) is 0 Å². The van der Waals surface area contributed by atoms with Crippen molar-refractivity contribution in [2.45, 2.75) is 77.7 Å². The second kappa shape index (κ2) is 13.3. The maximum atomic E-state index is 9.60. The quantitative estimate of drug-likeness (QED) is 0.356. The van der Waals surface area contributed by atoms with E-state index in [2.05, 4.69) is 37.8 Å². The van der Waals surface area contributed by atoms with E-state index in [9.17, 15) is 5.11 Å².